The van der Waals surface area contributed by atoms with Crippen molar-refractivity contribution in [2.75, 3.05) is 0 Å². The topological polar surface area (TPSA) is 41.6 Å². The van der Waals surface area contributed by atoms with Crippen molar-refractivity contribution < 1.29 is 0 Å². The molecule has 0 unspecified atom stereocenters. The number of hydrogen-bond donors (Lipinski definition) is 1. The highest BCUT2D eigenvalue weighted by Crippen LogP contribution is 2.31. The zero-order valence-electron chi connectivity index (χ0n) is 12.2. The number of aromatic nitrogens is 3. The molecule has 3 heteroatoms. The Morgan fingerprint density at radius 1 is 0.909 bits per heavy atom. The monoisotopic (exact) mass is 285 g/mol. The Labute approximate surface area is 128 Å². The molecule has 0 aliphatic carbocycles. The first kappa shape index (κ1) is 12.8. The van der Waals surface area contributed by atoms with Crippen LogP contribution in [0, 0.1) is 6.92 Å². The van der Waals surface area contributed by atoms with Crippen LogP contribution in [0.4, 0.5) is 0 Å². The van der Waals surface area contributed by atoms with Crippen LogP contribution in [0.1, 0.15) is 5.56 Å². The van der Waals surface area contributed by atoms with Gasteiger partial charge in [0.1, 0.15) is 0 Å². The second-order valence-corrected chi connectivity index (χ2v) is 5.44. The summed E-state index contributed by atoms with van der Waals surface area (Å²) in [5.74, 6) is 0. The first-order chi connectivity index (χ1) is 10.8. The van der Waals surface area contributed by atoms with E-state index in [1.54, 1.807) is 0 Å². The zero-order chi connectivity index (χ0) is 14.9. The molecule has 0 bridgehead atoms. The Morgan fingerprint density at radius 3 is 2.77 bits per heavy atom. The van der Waals surface area contributed by atoms with E-state index < -0.39 is 0 Å². The van der Waals surface area contributed by atoms with E-state index in [-0.39, 0.29) is 0 Å². The summed E-state index contributed by atoms with van der Waals surface area (Å²) in [6.45, 7) is 2.10. The van der Waals surface area contributed by atoms with Crippen LogP contribution in [0.2, 0.25) is 0 Å². The summed E-state index contributed by atoms with van der Waals surface area (Å²) < 4.78 is 0. The number of hydrogen-bond acceptors (Lipinski definition) is 2. The molecular weight excluding hydrogens is 270 g/mol. The van der Waals surface area contributed by atoms with Crippen molar-refractivity contribution in [1.82, 2.24) is 15.2 Å². The number of pyridine rings is 1. The van der Waals surface area contributed by atoms with Crippen LogP contribution in [0.3, 0.4) is 0 Å². The third-order valence-electron chi connectivity index (χ3n) is 3.85. The first-order valence-electron chi connectivity index (χ1n) is 7.27. The van der Waals surface area contributed by atoms with E-state index in [0.29, 0.717) is 0 Å². The number of fused-ring (bicyclic) bond motifs is 1. The predicted molar refractivity (Wildman–Crippen MR) is 89.5 cm³/mol. The molecule has 0 radical (unpaired) electrons. The largest absolute Gasteiger partial charge is 0.278 e. The molecule has 0 amide bonds. The van der Waals surface area contributed by atoms with Crippen LogP contribution in [0.5, 0.6) is 0 Å². The lowest BCUT2D eigenvalue weighted by Gasteiger charge is -2.09. The number of nitrogens with zero attached hydrogens (tertiary/aromatic N) is 2. The van der Waals surface area contributed by atoms with Gasteiger partial charge < -0.3 is 0 Å². The van der Waals surface area contributed by atoms with E-state index >= 15 is 0 Å². The highest BCUT2D eigenvalue weighted by atomic mass is 15.1. The maximum absolute atomic E-state index is 4.61. The van der Waals surface area contributed by atoms with Crippen molar-refractivity contribution in [2.45, 2.75) is 6.92 Å². The molecule has 0 spiro atoms. The smallest absolute Gasteiger partial charge is 0.0780 e. The van der Waals surface area contributed by atoms with E-state index in [9.17, 15) is 0 Å². The van der Waals surface area contributed by atoms with Gasteiger partial charge in [-0.1, -0.05) is 35.9 Å². The predicted octanol–water partition coefficient (Wildman–Crippen LogP) is 4.60. The number of H-pyrrole nitrogens is 1. The third kappa shape index (κ3) is 2.17. The van der Waals surface area contributed by atoms with Gasteiger partial charge in [0.05, 0.1) is 17.4 Å². The molecule has 0 aliphatic heterocycles. The standard InChI is InChI=1S/C19H15N3/c1-13-4-2-5-15(10-13)19-17(6-3-9-20-19)14-7-8-18-16(11-14)12-21-22-18/h2-12H,1H3,(H,21,22). The third-order valence-corrected chi connectivity index (χ3v) is 3.85. The quantitative estimate of drug-likeness (QED) is 0.584. The van der Waals surface area contributed by atoms with Gasteiger partial charge in [0.2, 0.25) is 0 Å². The van der Waals surface area contributed by atoms with Gasteiger partial charge in [-0.15, -0.1) is 0 Å². The van der Waals surface area contributed by atoms with Gasteiger partial charge in [-0.2, -0.15) is 5.10 Å². The SMILES string of the molecule is Cc1cccc(-c2ncccc2-c2ccc3[nH]ncc3c2)c1. The van der Waals surface area contributed by atoms with Crippen molar-refractivity contribution in [3.63, 3.8) is 0 Å². The van der Waals surface area contributed by atoms with Crippen LogP contribution in [-0.4, -0.2) is 15.2 Å². The number of nitrogens with one attached hydrogen (secondary N) is 1. The average molecular weight is 285 g/mol. The Kier molecular flexibility index (Phi) is 2.97. The van der Waals surface area contributed by atoms with Gasteiger partial charge in [-0.05, 0) is 36.8 Å². The van der Waals surface area contributed by atoms with E-state index in [4.69, 9.17) is 0 Å². The Hall–Kier alpha value is -2.94. The summed E-state index contributed by atoms with van der Waals surface area (Å²) >= 11 is 0. The Morgan fingerprint density at radius 2 is 1.86 bits per heavy atom. The molecule has 0 atom stereocenters. The van der Waals surface area contributed by atoms with Crippen LogP contribution >= 0.6 is 0 Å². The highest BCUT2D eigenvalue weighted by Gasteiger charge is 2.09. The second kappa shape index (κ2) is 5.11. The maximum atomic E-state index is 4.61. The van der Waals surface area contributed by atoms with E-state index in [1.165, 1.54) is 5.56 Å². The fraction of sp³-hybridized carbons (Fsp3) is 0.0526. The van der Waals surface area contributed by atoms with E-state index in [2.05, 4.69) is 70.6 Å². The fourth-order valence-electron chi connectivity index (χ4n) is 2.77. The molecule has 0 saturated heterocycles. The molecule has 106 valence electrons. The lowest BCUT2D eigenvalue weighted by atomic mass is 9.98. The molecule has 0 saturated carbocycles. The number of aryl methyl sites for hydroxylation is 1. The molecule has 2 aromatic carbocycles. The average Bonchev–Trinajstić information content (AvgIpc) is 3.02. The van der Waals surface area contributed by atoms with Crippen molar-refractivity contribution >= 4 is 10.9 Å². The van der Waals surface area contributed by atoms with Gasteiger partial charge in [0.15, 0.2) is 0 Å². The summed E-state index contributed by atoms with van der Waals surface area (Å²) in [4.78, 5) is 4.61. The fourth-order valence-corrected chi connectivity index (χ4v) is 2.77. The van der Waals surface area contributed by atoms with Crippen LogP contribution in [0.15, 0.2) is 67.0 Å². The minimum Gasteiger partial charge on any atom is -0.278 e. The summed E-state index contributed by atoms with van der Waals surface area (Å²) in [5.41, 5.74) is 6.72. The highest BCUT2D eigenvalue weighted by molar-refractivity contribution is 5.88. The minimum atomic E-state index is 1.01. The molecule has 3 nitrogen and oxygen atoms in total. The Balaban J connectivity index is 1.92. The van der Waals surface area contributed by atoms with Gasteiger partial charge in [0, 0.05) is 22.7 Å². The number of benzene rings is 2. The van der Waals surface area contributed by atoms with Crippen molar-refractivity contribution in [3.8, 4) is 22.4 Å². The second-order valence-electron chi connectivity index (χ2n) is 5.44. The first-order valence-corrected chi connectivity index (χ1v) is 7.27. The van der Waals surface area contributed by atoms with Gasteiger partial charge in [0.25, 0.3) is 0 Å². The summed E-state index contributed by atoms with van der Waals surface area (Å²) in [5, 5.41) is 8.18. The van der Waals surface area contributed by atoms with Crippen molar-refractivity contribution in [2.24, 2.45) is 0 Å². The van der Waals surface area contributed by atoms with Crippen LogP contribution in [-0.2, 0) is 0 Å². The van der Waals surface area contributed by atoms with Crippen molar-refractivity contribution in [3.05, 3.63) is 72.6 Å². The summed E-state index contributed by atoms with van der Waals surface area (Å²) in [7, 11) is 0. The molecular formula is C19H15N3. The lowest BCUT2D eigenvalue weighted by molar-refractivity contribution is 1.12. The molecule has 4 aromatic rings. The normalized spacial score (nSPS) is 11.0. The van der Waals surface area contributed by atoms with Gasteiger partial charge >= 0.3 is 0 Å². The molecule has 0 aliphatic rings. The summed E-state index contributed by atoms with van der Waals surface area (Å²) in [6, 6.07) is 18.9. The zero-order valence-corrected chi connectivity index (χ0v) is 12.2. The number of rotatable bonds is 2. The van der Waals surface area contributed by atoms with E-state index in [1.807, 2.05) is 18.5 Å². The molecule has 22 heavy (non-hydrogen) atoms. The van der Waals surface area contributed by atoms with Crippen LogP contribution in [0.25, 0.3) is 33.3 Å². The van der Waals surface area contributed by atoms with E-state index in [0.717, 1.165) is 33.3 Å². The molecule has 1 N–H and O–H groups in total. The van der Waals surface area contributed by atoms with Crippen molar-refractivity contribution in [1.29, 1.82) is 0 Å². The molecule has 2 aromatic heterocycles. The summed E-state index contributed by atoms with van der Waals surface area (Å²) in [6.07, 6.45) is 3.69. The lowest BCUT2D eigenvalue weighted by Crippen LogP contribution is -1.89. The minimum absolute atomic E-state index is 1.01. The van der Waals surface area contributed by atoms with Crippen LogP contribution < -0.4 is 0 Å². The molecule has 0 fully saturated rings. The van der Waals surface area contributed by atoms with Gasteiger partial charge in [-0.3, -0.25) is 10.1 Å². The van der Waals surface area contributed by atoms with Gasteiger partial charge in [-0.25, -0.2) is 0 Å². The molecule has 2 heterocycles. The molecule has 4 rings (SSSR count). The Bertz CT molecular complexity index is 953. The maximum Gasteiger partial charge on any atom is 0.0780 e. The number of aromatic amines is 1.